The van der Waals surface area contributed by atoms with Crippen LogP contribution in [0.1, 0.15) is 28.2 Å². The summed E-state index contributed by atoms with van der Waals surface area (Å²) in [6.45, 7) is 1.98. The van der Waals surface area contributed by atoms with E-state index in [9.17, 15) is 4.79 Å². The van der Waals surface area contributed by atoms with Crippen LogP contribution >= 0.6 is 38.9 Å². The first kappa shape index (κ1) is 17.2. The van der Waals surface area contributed by atoms with Gasteiger partial charge in [0.15, 0.2) is 0 Å². The van der Waals surface area contributed by atoms with Crippen molar-refractivity contribution in [3.8, 4) is 10.4 Å². The predicted molar refractivity (Wildman–Crippen MR) is 105 cm³/mol. The molecule has 1 atom stereocenters. The minimum absolute atomic E-state index is 0.0534. The second kappa shape index (κ2) is 7.51. The maximum absolute atomic E-state index is 12.5. The van der Waals surface area contributed by atoms with Crippen LogP contribution in [0, 0.1) is 0 Å². The summed E-state index contributed by atoms with van der Waals surface area (Å²) in [5.74, 6) is -0.0660. The zero-order valence-electron chi connectivity index (χ0n) is 12.9. The zero-order valence-corrected chi connectivity index (χ0v) is 16.1. The first-order valence-electron chi connectivity index (χ1n) is 7.45. The van der Waals surface area contributed by atoms with Gasteiger partial charge < -0.3 is 5.32 Å². The number of nitrogens with one attached hydrogen (secondary N) is 1. The summed E-state index contributed by atoms with van der Waals surface area (Å²) in [5.41, 5.74) is 2.09. The van der Waals surface area contributed by atoms with E-state index in [1.807, 2.05) is 67.6 Å². The molecule has 1 N–H and O–H groups in total. The van der Waals surface area contributed by atoms with Crippen molar-refractivity contribution in [1.82, 2.24) is 5.32 Å². The molecule has 0 aliphatic rings. The summed E-state index contributed by atoms with van der Waals surface area (Å²) >= 11 is 10.9. The minimum atomic E-state index is -0.0660. The summed E-state index contributed by atoms with van der Waals surface area (Å²) < 4.78 is 1.02. The lowest BCUT2D eigenvalue weighted by molar-refractivity contribution is 0.0944. The Morgan fingerprint density at radius 1 is 1.12 bits per heavy atom. The molecule has 0 bridgehead atoms. The molecule has 1 heterocycles. The largest absolute Gasteiger partial charge is 0.345 e. The number of hydrogen-bond acceptors (Lipinski definition) is 2. The Balaban J connectivity index is 1.73. The molecule has 122 valence electrons. The molecule has 0 aliphatic heterocycles. The number of thiophene rings is 1. The average molecular weight is 421 g/mol. The van der Waals surface area contributed by atoms with E-state index >= 15 is 0 Å². The number of hydrogen-bond donors (Lipinski definition) is 1. The van der Waals surface area contributed by atoms with Crippen LogP contribution in [-0.4, -0.2) is 5.91 Å². The average Bonchev–Trinajstić information content (AvgIpc) is 3.05. The van der Waals surface area contributed by atoms with Crippen molar-refractivity contribution >= 4 is 44.8 Å². The third kappa shape index (κ3) is 4.07. The molecule has 2 nitrogen and oxygen atoms in total. The fourth-order valence-electron chi connectivity index (χ4n) is 2.36. The maximum atomic E-state index is 12.5. The van der Waals surface area contributed by atoms with Crippen LogP contribution in [0.5, 0.6) is 0 Å². The minimum Gasteiger partial charge on any atom is -0.345 e. The molecular weight excluding hydrogens is 406 g/mol. The molecule has 24 heavy (non-hydrogen) atoms. The van der Waals surface area contributed by atoms with Gasteiger partial charge in [-0.25, -0.2) is 0 Å². The van der Waals surface area contributed by atoms with Crippen molar-refractivity contribution in [3.05, 3.63) is 80.6 Å². The molecule has 0 aliphatic carbocycles. The van der Waals surface area contributed by atoms with Gasteiger partial charge in [-0.2, -0.15) is 0 Å². The number of carbonyl (C=O) groups excluding carboxylic acids is 1. The van der Waals surface area contributed by atoms with Crippen LogP contribution < -0.4 is 5.32 Å². The molecule has 0 unspecified atom stereocenters. The van der Waals surface area contributed by atoms with Crippen molar-refractivity contribution in [1.29, 1.82) is 0 Å². The molecule has 2 aromatic carbocycles. The Hall–Kier alpha value is -1.62. The van der Waals surface area contributed by atoms with Crippen LogP contribution in [0.3, 0.4) is 0 Å². The van der Waals surface area contributed by atoms with Crippen LogP contribution in [0.2, 0.25) is 5.02 Å². The second-order valence-corrected chi connectivity index (χ2v) is 7.86. The second-order valence-electron chi connectivity index (χ2n) is 5.42. The van der Waals surface area contributed by atoms with Gasteiger partial charge in [0.05, 0.1) is 10.9 Å². The van der Waals surface area contributed by atoms with Crippen LogP contribution in [0.4, 0.5) is 0 Å². The Labute approximate surface area is 158 Å². The summed E-state index contributed by atoms with van der Waals surface area (Å²) in [6, 6.07) is 19.3. The van der Waals surface area contributed by atoms with Crippen LogP contribution in [-0.2, 0) is 0 Å². The fourth-order valence-corrected chi connectivity index (χ4v) is 3.72. The molecule has 5 heteroatoms. The van der Waals surface area contributed by atoms with E-state index in [0.717, 1.165) is 20.5 Å². The summed E-state index contributed by atoms with van der Waals surface area (Å²) in [6.07, 6.45) is 0. The summed E-state index contributed by atoms with van der Waals surface area (Å²) in [4.78, 5) is 14.2. The lowest BCUT2D eigenvalue weighted by atomic mass is 10.1. The van der Waals surface area contributed by atoms with E-state index in [2.05, 4.69) is 21.2 Å². The number of benzene rings is 2. The van der Waals surface area contributed by atoms with Gasteiger partial charge in [-0.15, -0.1) is 11.3 Å². The van der Waals surface area contributed by atoms with Crippen LogP contribution in [0.15, 0.2) is 65.1 Å². The summed E-state index contributed by atoms with van der Waals surface area (Å²) in [7, 11) is 0. The predicted octanol–water partition coefficient (Wildman–Crippen LogP) is 6.32. The molecule has 3 aromatic rings. The van der Waals surface area contributed by atoms with Gasteiger partial charge in [0.25, 0.3) is 5.91 Å². The third-order valence-electron chi connectivity index (χ3n) is 3.66. The lowest BCUT2D eigenvalue weighted by Crippen LogP contribution is -2.25. The molecule has 0 spiro atoms. The lowest BCUT2D eigenvalue weighted by Gasteiger charge is -2.13. The fraction of sp³-hybridized carbons (Fsp3) is 0.105. The molecule has 1 aromatic heterocycles. The smallest absolute Gasteiger partial charge is 0.261 e. The van der Waals surface area contributed by atoms with Crippen molar-refractivity contribution < 1.29 is 4.79 Å². The van der Waals surface area contributed by atoms with E-state index in [0.29, 0.717) is 9.90 Å². The van der Waals surface area contributed by atoms with E-state index in [1.54, 1.807) is 0 Å². The Morgan fingerprint density at radius 2 is 1.88 bits per heavy atom. The van der Waals surface area contributed by atoms with Gasteiger partial charge in [-0.3, -0.25) is 4.79 Å². The first-order valence-corrected chi connectivity index (χ1v) is 9.44. The van der Waals surface area contributed by atoms with Crippen molar-refractivity contribution in [2.24, 2.45) is 0 Å². The van der Waals surface area contributed by atoms with Crippen molar-refractivity contribution in [2.45, 2.75) is 13.0 Å². The monoisotopic (exact) mass is 419 g/mol. The SMILES string of the molecule is C[C@@H](NC(=O)c1ccc(-c2cccc(Cl)c2)s1)c1ccc(Br)cc1. The molecule has 1 amide bonds. The normalized spacial score (nSPS) is 12.0. The topological polar surface area (TPSA) is 29.1 Å². The molecular formula is C19H15BrClNOS. The standard InChI is InChI=1S/C19H15BrClNOS/c1-12(13-5-7-15(20)8-6-13)22-19(23)18-10-9-17(24-18)14-3-2-4-16(21)11-14/h2-12H,1H3,(H,22,23)/t12-/m1/s1. The van der Waals surface area contributed by atoms with E-state index in [4.69, 9.17) is 11.6 Å². The molecule has 0 saturated heterocycles. The molecule has 0 radical (unpaired) electrons. The Morgan fingerprint density at radius 3 is 2.58 bits per heavy atom. The molecule has 3 rings (SSSR count). The van der Waals surface area contributed by atoms with Crippen molar-refractivity contribution in [2.75, 3.05) is 0 Å². The highest BCUT2D eigenvalue weighted by molar-refractivity contribution is 9.10. The molecule has 0 saturated carbocycles. The highest BCUT2D eigenvalue weighted by Crippen LogP contribution is 2.30. The number of halogens is 2. The highest BCUT2D eigenvalue weighted by atomic mass is 79.9. The zero-order chi connectivity index (χ0) is 17.1. The van der Waals surface area contributed by atoms with Crippen molar-refractivity contribution in [3.63, 3.8) is 0 Å². The highest BCUT2D eigenvalue weighted by Gasteiger charge is 2.14. The van der Waals surface area contributed by atoms with E-state index in [1.165, 1.54) is 11.3 Å². The number of rotatable bonds is 4. The van der Waals surface area contributed by atoms with Gasteiger partial charge in [0.1, 0.15) is 0 Å². The van der Waals surface area contributed by atoms with Gasteiger partial charge in [-0.1, -0.05) is 51.8 Å². The summed E-state index contributed by atoms with van der Waals surface area (Å²) in [5, 5.41) is 3.73. The van der Waals surface area contributed by atoms with E-state index < -0.39 is 0 Å². The van der Waals surface area contributed by atoms with Crippen LogP contribution in [0.25, 0.3) is 10.4 Å². The van der Waals surface area contributed by atoms with Gasteiger partial charge in [-0.05, 0) is 54.4 Å². The molecule has 0 fully saturated rings. The van der Waals surface area contributed by atoms with E-state index in [-0.39, 0.29) is 11.9 Å². The quantitative estimate of drug-likeness (QED) is 0.525. The maximum Gasteiger partial charge on any atom is 0.261 e. The number of amides is 1. The third-order valence-corrected chi connectivity index (χ3v) is 5.55. The Bertz CT molecular complexity index is 860. The van der Waals surface area contributed by atoms with Gasteiger partial charge >= 0.3 is 0 Å². The Kier molecular flexibility index (Phi) is 5.39. The van der Waals surface area contributed by atoms with Gasteiger partial charge in [0, 0.05) is 14.4 Å². The first-order chi connectivity index (χ1) is 11.5. The van der Waals surface area contributed by atoms with Gasteiger partial charge in [0.2, 0.25) is 0 Å². The number of carbonyl (C=O) groups is 1.